The van der Waals surface area contributed by atoms with Crippen LogP contribution in [0.15, 0.2) is 12.4 Å². The molecule has 1 aromatic heterocycles. The lowest BCUT2D eigenvalue weighted by Crippen LogP contribution is -2.63. The highest BCUT2D eigenvalue weighted by Gasteiger charge is 2.67. The fourth-order valence-electron chi connectivity index (χ4n) is 4.66. The molecule has 0 saturated heterocycles. The molecule has 0 aromatic carbocycles. The van der Waals surface area contributed by atoms with Gasteiger partial charge < -0.3 is 9.47 Å². The number of nitriles is 1. The number of nitrogens with zero attached hydrogens (tertiary/aromatic N) is 3. The van der Waals surface area contributed by atoms with Gasteiger partial charge in [-0.1, -0.05) is 12.8 Å². The smallest absolute Gasteiger partial charge is 0.306 e. The van der Waals surface area contributed by atoms with Gasteiger partial charge in [-0.3, -0.25) is 4.79 Å². The Balaban J connectivity index is 1.27. The third-order valence-electron chi connectivity index (χ3n) is 5.53. The molecular formula is C21H29N3O3. The van der Waals surface area contributed by atoms with Crippen molar-refractivity contribution in [2.75, 3.05) is 6.61 Å². The normalized spacial score (nSPS) is 25.7. The van der Waals surface area contributed by atoms with Gasteiger partial charge in [0.15, 0.2) is 5.69 Å². The zero-order chi connectivity index (χ0) is 19.5. The minimum Gasteiger partial charge on any atom is -0.476 e. The number of esters is 1. The van der Waals surface area contributed by atoms with E-state index in [1.165, 1.54) is 44.5 Å². The summed E-state index contributed by atoms with van der Waals surface area (Å²) in [5.41, 5.74) is 0.763. The average Bonchev–Trinajstić information content (AvgIpc) is 2.53. The third kappa shape index (κ3) is 4.97. The Morgan fingerprint density at radius 2 is 1.89 bits per heavy atom. The van der Waals surface area contributed by atoms with Crippen LogP contribution in [0.2, 0.25) is 0 Å². The van der Waals surface area contributed by atoms with Gasteiger partial charge in [0.1, 0.15) is 11.7 Å². The number of aromatic nitrogens is 2. The summed E-state index contributed by atoms with van der Waals surface area (Å²) in [5.74, 6) is 0.407. The molecule has 0 amide bonds. The second-order valence-electron chi connectivity index (χ2n) is 9.32. The molecule has 146 valence electrons. The highest BCUT2D eigenvalue weighted by Crippen LogP contribution is 2.75. The van der Waals surface area contributed by atoms with E-state index in [1.54, 1.807) is 0 Å². The Labute approximate surface area is 161 Å². The van der Waals surface area contributed by atoms with Gasteiger partial charge in [0.25, 0.3) is 0 Å². The van der Waals surface area contributed by atoms with Crippen molar-refractivity contribution in [3.8, 4) is 11.9 Å². The summed E-state index contributed by atoms with van der Waals surface area (Å²) in [7, 11) is 0. The van der Waals surface area contributed by atoms with Crippen molar-refractivity contribution in [3.63, 3.8) is 0 Å². The number of hydrogen-bond acceptors (Lipinski definition) is 6. The van der Waals surface area contributed by atoms with Crippen LogP contribution in [0, 0.1) is 22.2 Å². The quantitative estimate of drug-likeness (QED) is 0.478. The van der Waals surface area contributed by atoms with E-state index in [9.17, 15) is 4.79 Å². The number of carbonyl (C=O) groups excluding carboxylic acids is 1. The summed E-state index contributed by atoms with van der Waals surface area (Å²) in [6.07, 6.45) is 11.6. The van der Waals surface area contributed by atoms with Crippen molar-refractivity contribution in [2.24, 2.45) is 10.8 Å². The maximum atomic E-state index is 11.7. The van der Waals surface area contributed by atoms with Crippen molar-refractivity contribution in [1.29, 1.82) is 5.26 Å². The van der Waals surface area contributed by atoms with E-state index in [0.29, 0.717) is 35.4 Å². The molecule has 27 heavy (non-hydrogen) atoms. The first-order chi connectivity index (χ1) is 12.7. The molecular weight excluding hydrogens is 342 g/mol. The Morgan fingerprint density at radius 3 is 2.48 bits per heavy atom. The van der Waals surface area contributed by atoms with Crippen LogP contribution in [-0.2, 0) is 9.53 Å². The predicted molar refractivity (Wildman–Crippen MR) is 99.9 cm³/mol. The predicted octanol–water partition coefficient (Wildman–Crippen LogP) is 4.19. The van der Waals surface area contributed by atoms with E-state index in [0.717, 1.165) is 12.8 Å². The van der Waals surface area contributed by atoms with Gasteiger partial charge in [0.05, 0.1) is 19.0 Å². The van der Waals surface area contributed by atoms with Crippen molar-refractivity contribution < 1.29 is 14.3 Å². The minimum absolute atomic E-state index is 0.0879. The number of hydrogen-bond donors (Lipinski definition) is 0. The van der Waals surface area contributed by atoms with Crippen molar-refractivity contribution in [3.05, 3.63) is 18.1 Å². The molecule has 0 radical (unpaired) electrons. The summed E-state index contributed by atoms with van der Waals surface area (Å²) >= 11 is 0. The monoisotopic (exact) mass is 371 g/mol. The maximum absolute atomic E-state index is 11.7. The summed E-state index contributed by atoms with van der Waals surface area (Å²) < 4.78 is 11.1. The van der Waals surface area contributed by atoms with Gasteiger partial charge >= 0.3 is 5.97 Å². The number of ether oxygens (including phenoxy) is 2. The standard InChI is InChI=1S/C21H29N3O3/c1-19(2,3)27-18(25)7-5-4-6-8-20-12-21(13-20,14-20)15-26-17-11-23-16(9-22)10-24-17/h10-11H,4-8,12-15H2,1-3H3. The summed E-state index contributed by atoms with van der Waals surface area (Å²) in [5, 5.41) is 8.73. The van der Waals surface area contributed by atoms with Crippen LogP contribution in [0.3, 0.4) is 0 Å². The van der Waals surface area contributed by atoms with Crippen molar-refractivity contribution >= 4 is 5.97 Å². The van der Waals surface area contributed by atoms with E-state index < -0.39 is 0 Å². The Kier molecular flexibility index (Phi) is 5.41. The molecule has 3 fully saturated rings. The van der Waals surface area contributed by atoms with E-state index in [2.05, 4.69) is 9.97 Å². The molecule has 0 spiro atoms. The van der Waals surface area contributed by atoms with Crippen LogP contribution < -0.4 is 4.74 Å². The fraction of sp³-hybridized carbons (Fsp3) is 0.714. The molecule has 6 nitrogen and oxygen atoms in total. The average molecular weight is 371 g/mol. The second kappa shape index (κ2) is 7.46. The second-order valence-corrected chi connectivity index (χ2v) is 9.32. The first-order valence-corrected chi connectivity index (χ1v) is 9.80. The minimum atomic E-state index is -0.386. The lowest BCUT2D eigenvalue weighted by molar-refractivity contribution is -0.223. The van der Waals surface area contributed by atoms with Crippen molar-refractivity contribution in [2.45, 2.75) is 77.7 Å². The van der Waals surface area contributed by atoms with E-state index in [4.69, 9.17) is 14.7 Å². The molecule has 3 saturated carbocycles. The largest absolute Gasteiger partial charge is 0.476 e. The molecule has 4 rings (SSSR count). The summed E-state index contributed by atoms with van der Waals surface area (Å²) in [6, 6.07) is 1.95. The molecule has 0 aliphatic heterocycles. The van der Waals surface area contributed by atoms with E-state index >= 15 is 0 Å². The zero-order valence-corrected chi connectivity index (χ0v) is 16.6. The van der Waals surface area contributed by atoms with Crippen molar-refractivity contribution in [1.82, 2.24) is 9.97 Å². The van der Waals surface area contributed by atoms with Crippen LogP contribution in [0.25, 0.3) is 0 Å². The highest BCUT2D eigenvalue weighted by molar-refractivity contribution is 5.69. The van der Waals surface area contributed by atoms with Gasteiger partial charge in [-0.25, -0.2) is 9.97 Å². The number of unbranched alkanes of at least 4 members (excludes halogenated alkanes) is 2. The molecule has 0 atom stereocenters. The van der Waals surface area contributed by atoms with Crippen LogP contribution in [0.4, 0.5) is 0 Å². The third-order valence-corrected chi connectivity index (χ3v) is 5.53. The molecule has 3 aliphatic rings. The molecule has 2 bridgehead atoms. The topological polar surface area (TPSA) is 85.1 Å². The first kappa shape index (κ1) is 19.6. The fourth-order valence-corrected chi connectivity index (χ4v) is 4.66. The van der Waals surface area contributed by atoms with Crippen LogP contribution in [-0.4, -0.2) is 28.1 Å². The highest BCUT2D eigenvalue weighted by atomic mass is 16.6. The summed E-state index contributed by atoms with van der Waals surface area (Å²) in [4.78, 5) is 19.8. The van der Waals surface area contributed by atoms with Crippen LogP contribution >= 0.6 is 0 Å². The van der Waals surface area contributed by atoms with Gasteiger partial charge in [0.2, 0.25) is 5.88 Å². The van der Waals surface area contributed by atoms with Crippen LogP contribution in [0.5, 0.6) is 5.88 Å². The first-order valence-electron chi connectivity index (χ1n) is 9.80. The number of carbonyl (C=O) groups is 1. The molecule has 0 N–H and O–H groups in total. The number of rotatable bonds is 9. The lowest BCUT2D eigenvalue weighted by atomic mass is 9.34. The van der Waals surface area contributed by atoms with E-state index in [-0.39, 0.29) is 11.6 Å². The molecule has 1 aromatic rings. The molecule has 6 heteroatoms. The maximum Gasteiger partial charge on any atom is 0.306 e. The Hall–Kier alpha value is -2.16. The molecule has 1 heterocycles. The Bertz CT molecular complexity index is 696. The lowest BCUT2D eigenvalue weighted by Gasteiger charge is -2.71. The Morgan fingerprint density at radius 1 is 1.15 bits per heavy atom. The van der Waals surface area contributed by atoms with Gasteiger partial charge in [-0.05, 0) is 58.3 Å². The molecule has 3 aliphatic carbocycles. The zero-order valence-electron chi connectivity index (χ0n) is 16.6. The van der Waals surface area contributed by atoms with Gasteiger partial charge in [0, 0.05) is 11.8 Å². The molecule has 0 unspecified atom stereocenters. The SMILES string of the molecule is CC(C)(C)OC(=O)CCCCCC12CC(COc3cnc(C#N)cn3)(C1)C2. The van der Waals surface area contributed by atoms with Gasteiger partial charge in [-0.2, -0.15) is 5.26 Å². The van der Waals surface area contributed by atoms with Gasteiger partial charge in [-0.15, -0.1) is 0 Å². The summed E-state index contributed by atoms with van der Waals surface area (Å²) in [6.45, 7) is 6.40. The van der Waals surface area contributed by atoms with E-state index in [1.807, 2.05) is 26.8 Å². The van der Waals surface area contributed by atoms with Crippen LogP contribution in [0.1, 0.15) is 77.8 Å².